The van der Waals surface area contributed by atoms with Gasteiger partial charge in [-0.05, 0) is 49.3 Å². The summed E-state index contributed by atoms with van der Waals surface area (Å²) >= 11 is 5.93. The van der Waals surface area contributed by atoms with Crippen molar-refractivity contribution >= 4 is 17.6 Å². The van der Waals surface area contributed by atoms with Crippen molar-refractivity contribution in [1.29, 1.82) is 0 Å². The highest BCUT2D eigenvalue weighted by Crippen LogP contribution is 2.47. The molecule has 1 atom stereocenters. The fraction of sp³-hybridized carbons (Fsp3) is 0.588. The molecule has 2 aliphatic carbocycles. The molecule has 0 heterocycles. The zero-order valence-corrected chi connectivity index (χ0v) is 13.6. The topological polar surface area (TPSA) is 52.6 Å². The average molecular weight is 323 g/mol. The molecule has 3 rings (SSSR count). The maximum Gasteiger partial charge on any atom is 0.317 e. The number of hydrogen-bond donors (Lipinski definition) is 2. The zero-order valence-electron chi connectivity index (χ0n) is 12.9. The van der Waals surface area contributed by atoms with Gasteiger partial charge in [-0.25, -0.2) is 4.79 Å². The van der Waals surface area contributed by atoms with Crippen LogP contribution >= 0.6 is 11.6 Å². The zero-order chi connectivity index (χ0) is 15.7. The first-order valence-corrected chi connectivity index (χ1v) is 8.31. The molecule has 5 heteroatoms. The highest BCUT2D eigenvalue weighted by Gasteiger charge is 2.44. The van der Waals surface area contributed by atoms with E-state index in [1.807, 2.05) is 24.3 Å². The van der Waals surface area contributed by atoms with Gasteiger partial charge in [0.25, 0.3) is 0 Å². The van der Waals surface area contributed by atoms with Crippen LogP contribution in [-0.4, -0.2) is 42.3 Å². The minimum Gasteiger partial charge on any atom is -0.391 e. The second kappa shape index (κ2) is 6.09. The number of urea groups is 1. The van der Waals surface area contributed by atoms with Gasteiger partial charge in [-0.1, -0.05) is 23.7 Å². The van der Waals surface area contributed by atoms with Gasteiger partial charge in [0.05, 0.1) is 6.10 Å². The molecule has 22 heavy (non-hydrogen) atoms. The van der Waals surface area contributed by atoms with E-state index in [-0.39, 0.29) is 17.6 Å². The minimum absolute atomic E-state index is 0.0657. The third kappa shape index (κ3) is 3.55. The lowest BCUT2D eigenvalue weighted by atomic mass is 9.96. The van der Waals surface area contributed by atoms with Crippen LogP contribution in [-0.2, 0) is 5.41 Å². The Hall–Kier alpha value is -1.26. The summed E-state index contributed by atoms with van der Waals surface area (Å²) in [4.78, 5) is 13.7. The molecule has 0 aromatic heterocycles. The molecular formula is C17H23ClN2O2. The second-order valence-corrected chi connectivity index (χ2v) is 7.17. The van der Waals surface area contributed by atoms with Gasteiger partial charge in [0.15, 0.2) is 0 Å². The van der Waals surface area contributed by atoms with E-state index in [1.54, 1.807) is 11.9 Å². The number of amides is 2. The molecule has 2 amide bonds. The lowest BCUT2D eigenvalue weighted by Gasteiger charge is -2.23. The third-order valence-electron chi connectivity index (χ3n) is 4.86. The Bertz CT molecular complexity index is 538. The van der Waals surface area contributed by atoms with Crippen LogP contribution in [0.1, 0.15) is 31.2 Å². The number of rotatable bonds is 6. The number of hydrogen-bond acceptors (Lipinski definition) is 2. The Morgan fingerprint density at radius 1 is 1.41 bits per heavy atom. The monoisotopic (exact) mass is 322 g/mol. The van der Waals surface area contributed by atoms with E-state index in [2.05, 4.69) is 5.32 Å². The van der Waals surface area contributed by atoms with Gasteiger partial charge in [0.1, 0.15) is 0 Å². The summed E-state index contributed by atoms with van der Waals surface area (Å²) in [5.41, 5.74) is 1.30. The molecular weight excluding hydrogens is 300 g/mol. The van der Waals surface area contributed by atoms with Crippen LogP contribution in [0.5, 0.6) is 0 Å². The van der Waals surface area contributed by atoms with Crippen molar-refractivity contribution in [3.05, 3.63) is 34.9 Å². The van der Waals surface area contributed by atoms with Crippen LogP contribution < -0.4 is 5.32 Å². The second-order valence-electron chi connectivity index (χ2n) is 6.73. The molecule has 2 N–H and O–H groups in total. The Kier molecular flexibility index (Phi) is 4.33. The summed E-state index contributed by atoms with van der Waals surface area (Å²) in [6.07, 6.45) is 3.95. The summed E-state index contributed by atoms with van der Waals surface area (Å²) in [6, 6.07) is 7.78. The summed E-state index contributed by atoms with van der Waals surface area (Å²) in [7, 11) is 1.74. The average Bonchev–Trinajstić information content (AvgIpc) is 3.39. The standard InChI is InChI=1S/C17H23ClN2O2/c1-20(10-15(21)12-2-3-12)16(22)19-11-17(8-9-17)13-4-6-14(18)7-5-13/h4-7,12,15,21H,2-3,8-11H2,1H3,(H,19,22). The molecule has 1 aromatic carbocycles. The van der Waals surface area contributed by atoms with E-state index >= 15 is 0 Å². The SMILES string of the molecule is CN(CC(O)C1CC1)C(=O)NCC1(c2ccc(Cl)cc2)CC1. The third-order valence-corrected chi connectivity index (χ3v) is 5.11. The molecule has 4 nitrogen and oxygen atoms in total. The van der Waals surface area contributed by atoms with E-state index in [9.17, 15) is 9.90 Å². The lowest BCUT2D eigenvalue weighted by Crippen LogP contribution is -2.44. The smallest absolute Gasteiger partial charge is 0.317 e. The molecule has 0 aliphatic heterocycles. The first-order valence-electron chi connectivity index (χ1n) is 7.93. The van der Waals surface area contributed by atoms with Gasteiger partial charge in [-0.2, -0.15) is 0 Å². The summed E-state index contributed by atoms with van der Waals surface area (Å²) in [6.45, 7) is 1.04. The van der Waals surface area contributed by atoms with E-state index in [4.69, 9.17) is 11.6 Å². The summed E-state index contributed by atoms with van der Waals surface area (Å²) in [5, 5.41) is 13.7. The van der Waals surface area contributed by atoms with Crippen LogP contribution in [0.4, 0.5) is 4.79 Å². The van der Waals surface area contributed by atoms with Crippen molar-refractivity contribution in [3.63, 3.8) is 0 Å². The number of likely N-dealkylation sites (N-methyl/N-ethyl adjacent to an activating group) is 1. The van der Waals surface area contributed by atoms with Crippen molar-refractivity contribution in [2.45, 2.75) is 37.2 Å². The largest absolute Gasteiger partial charge is 0.391 e. The van der Waals surface area contributed by atoms with Crippen molar-refractivity contribution in [3.8, 4) is 0 Å². The Morgan fingerprint density at radius 2 is 2.05 bits per heavy atom. The van der Waals surface area contributed by atoms with Crippen molar-refractivity contribution in [1.82, 2.24) is 10.2 Å². The van der Waals surface area contributed by atoms with Crippen molar-refractivity contribution in [2.24, 2.45) is 5.92 Å². The number of carbonyl (C=O) groups is 1. The molecule has 1 aromatic rings. The highest BCUT2D eigenvalue weighted by molar-refractivity contribution is 6.30. The number of carbonyl (C=O) groups excluding carboxylic acids is 1. The number of nitrogens with one attached hydrogen (secondary N) is 1. The van der Waals surface area contributed by atoms with Gasteiger partial charge >= 0.3 is 6.03 Å². The Morgan fingerprint density at radius 3 is 2.59 bits per heavy atom. The summed E-state index contributed by atoms with van der Waals surface area (Å²) in [5.74, 6) is 0.388. The molecule has 2 saturated carbocycles. The number of aliphatic hydroxyl groups is 1. The lowest BCUT2D eigenvalue weighted by molar-refractivity contribution is 0.113. The molecule has 120 valence electrons. The fourth-order valence-corrected chi connectivity index (χ4v) is 3.02. The molecule has 2 fully saturated rings. The predicted molar refractivity (Wildman–Crippen MR) is 87.1 cm³/mol. The van der Waals surface area contributed by atoms with Crippen molar-refractivity contribution in [2.75, 3.05) is 20.1 Å². The first-order chi connectivity index (χ1) is 10.5. The van der Waals surface area contributed by atoms with Gasteiger partial charge in [0, 0.05) is 30.6 Å². The first kappa shape index (κ1) is 15.6. The van der Waals surface area contributed by atoms with Gasteiger partial charge in [-0.3, -0.25) is 0 Å². The number of aliphatic hydroxyl groups excluding tert-OH is 1. The van der Waals surface area contributed by atoms with Crippen LogP contribution in [0.15, 0.2) is 24.3 Å². The van der Waals surface area contributed by atoms with Crippen LogP contribution in [0.25, 0.3) is 0 Å². The van der Waals surface area contributed by atoms with Crippen molar-refractivity contribution < 1.29 is 9.90 Å². The molecule has 2 aliphatic rings. The van der Waals surface area contributed by atoms with Crippen LogP contribution in [0, 0.1) is 5.92 Å². The number of benzene rings is 1. The maximum absolute atomic E-state index is 12.2. The fourth-order valence-electron chi connectivity index (χ4n) is 2.90. The van der Waals surface area contributed by atoms with E-state index in [0.717, 1.165) is 30.7 Å². The quantitative estimate of drug-likeness (QED) is 0.846. The van der Waals surface area contributed by atoms with Crippen LogP contribution in [0.2, 0.25) is 5.02 Å². The van der Waals surface area contributed by atoms with E-state index in [1.165, 1.54) is 5.56 Å². The molecule has 0 spiro atoms. The maximum atomic E-state index is 12.2. The number of nitrogens with zero attached hydrogens (tertiary/aromatic N) is 1. The highest BCUT2D eigenvalue weighted by atomic mass is 35.5. The Labute approximate surface area is 136 Å². The normalized spacial score (nSPS) is 20.3. The molecule has 1 unspecified atom stereocenters. The number of halogens is 1. The van der Waals surface area contributed by atoms with Gasteiger partial charge in [0.2, 0.25) is 0 Å². The Balaban J connectivity index is 1.50. The molecule has 0 radical (unpaired) electrons. The van der Waals surface area contributed by atoms with Gasteiger partial charge in [-0.15, -0.1) is 0 Å². The predicted octanol–water partition coefficient (Wildman–Crippen LogP) is 2.78. The van der Waals surface area contributed by atoms with E-state index < -0.39 is 0 Å². The van der Waals surface area contributed by atoms with Crippen LogP contribution in [0.3, 0.4) is 0 Å². The molecule has 0 bridgehead atoms. The van der Waals surface area contributed by atoms with Gasteiger partial charge < -0.3 is 15.3 Å². The minimum atomic E-state index is -0.387. The molecule has 0 saturated heterocycles. The van der Waals surface area contributed by atoms with E-state index in [0.29, 0.717) is 19.0 Å². The summed E-state index contributed by atoms with van der Waals surface area (Å²) < 4.78 is 0.